The molecule has 0 spiro atoms. The molecule has 106 valence electrons. The predicted molar refractivity (Wildman–Crippen MR) is 79.3 cm³/mol. The summed E-state index contributed by atoms with van der Waals surface area (Å²) in [5, 5.41) is 2.77. The smallest absolute Gasteiger partial charge is 0.251 e. The molecule has 1 heterocycles. The Hall–Kier alpha value is -2.67. The number of nitrogens with zero attached hydrogens (tertiary/aromatic N) is 1. The number of pyridine rings is 1. The number of alkyl halides is 1. The van der Waals surface area contributed by atoms with Gasteiger partial charge in [0.25, 0.3) is 5.91 Å². The number of amides is 1. The monoisotopic (exact) mass is 282 g/mol. The van der Waals surface area contributed by atoms with Gasteiger partial charge in [-0.2, -0.15) is 0 Å². The summed E-state index contributed by atoms with van der Waals surface area (Å²) in [6, 6.07) is 12.0. The molecule has 1 aromatic heterocycles. The normalized spacial score (nSPS) is 9.57. The number of halogens is 1. The predicted octanol–water partition coefficient (Wildman–Crippen LogP) is 2.72. The van der Waals surface area contributed by atoms with E-state index in [2.05, 4.69) is 22.1 Å². The molecule has 4 heteroatoms. The molecular weight excluding hydrogens is 267 g/mol. The molecule has 0 aliphatic carbocycles. The Balaban J connectivity index is 1.78. The van der Waals surface area contributed by atoms with Gasteiger partial charge in [-0.3, -0.25) is 4.79 Å². The fourth-order valence-electron chi connectivity index (χ4n) is 1.68. The van der Waals surface area contributed by atoms with Crippen molar-refractivity contribution in [3.8, 4) is 11.8 Å². The Morgan fingerprint density at radius 2 is 2.00 bits per heavy atom. The highest BCUT2D eigenvalue weighted by molar-refractivity contribution is 5.94. The van der Waals surface area contributed by atoms with Crippen molar-refractivity contribution in [3.05, 3.63) is 65.5 Å². The van der Waals surface area contributed by atoms with Crippen LogP contribution in [0, 0.1) is 11.8 Å². The highest BCUT2D eigenvalue weighted by Gasteiger charge is 2.03. The number of aromatic nitrogens is 1. The summed E-state index contributed by atoms with van der Waals surface area (Å²) in [5.41, 5.74) is 1.79. The average Bonchev–Trinajstić information content (AvgIpc) is 2.55. The summed E-state index contributed by atoms with van der Waals surface area (Å²) in [7, 11) is 0. The van der Waals surface area contributed by atoms with Crippen molar-refractivity contribution in [3.63, 3.8) is 0 Å². The van der Waals surface area contributed by atoms with E-state index >= 15 is 0 Å². The first-order chi connectivity index (χ1) is 10.3. The lowest BCUT2D eigenvalue weighted by molar-refractivity contribution is 0.0954. The van der Waals surface area contributed by atoms with Gasteiger partial charge in [0.15, 0.2) is 0 Å². The van der Waals surface area contributed by atoms with Gasteiger partial charge in [0.1, 0.15) is 12.4 Å². The van der Waals surface area contributed by atoms with Crippen molar-refractivity contribution >= 4 is 5.91 Å². The van der Waals surface area contributed by atoms with Crippen LogP contribution in [0.4, 0.5) is 4.39 Å². The van der Waals surface area contributed by atoms with Gasteiger partial charge in [0.2, 0.25) is 0 Å². The van der Waals surface area contributed by atoms with Crippen LogP contribution in [0.5, 0.6) is 0 Å². The number of carbonyl (C=O) groups excluding carboxylic acids is 1. The molecule has 0 saturated heterocycles. The van der Waals surface area contributed by atoms with Crippen molar-refractivity contribution in [2.45, 2.75) is 13.1 Å². The van der Waals surface area contributed by atoms with Crippen molar-refractivity contribution in [2.75, 3.05) is 6.54 Å². The molecule has 2 rings (SSSR count). The topological polar surface area (TPSA) is 42.0 Å². The Kier molecular flexibility index (Phi) is 5.48. The Morgan fingerprint density at radius 3 is 2.67 bits per heavy atom. The largest absolute Gasteiger partial charge is 0.351 e. The third-order valence-electron chi connectivity index (χ3n) is 2.79. The van der Waals surface area contributed by atoms with Crippen LogP contribution < -0.4 is 5.32 Å². The molecular formula is C17H15FN2O. The number of benzene rings is 1. The Morgan fingerprint density at radius 1 is 1.19 bits per heavy atom. The Labute approximate surface area is 123 Å². The minimum atomic E-state index is -0.523. The summed E-state index contributed by atoms with van der Waals surface area (Å²) in [5.74, 6) is 5.69. The molecule has 0 saturated carbocycles. The van der Waals surface area contributed by atoms with Gasteiger partial charge in [-0.1, -0.05) is 24.1 Å². The van der Waals surface area contributed by atoms with Gasteiger partial charge in [-0.15, -0.1) is 0 Å². The lowest BCUT2D eigenvalue weighted by Gasteiger charge is -2.03. The molecule has 0 aliphatic heterocycles. The zero-order chi connectivity index (χ0) is 14.9. The number of hydrogen-bond acceptors (Lipinski definition) is 2. The highest BCUT2D eigenvalue weighted by Crippen LogP contribution is 2.05. The van der Waals surface area contributed by atoms with Crippen LogP contribution in [0.15, 0.2) is 48.7 Å². The third-order valence-corrected chi connectivity index (χ3v) is 2.79. The number of rotatable bonds is 4. The van der Waals surface area contributed by atoms with Gasteiger partial charge in [-0.05, 0) is 35.7 Å². The zero-order valence-corrected chi connectivity index (χ0v) is 11.5. The SMILES string of the molecule is O=C(NCCC#Cc1ccccn1)c1ccc(CF)cc1. The fraction of sp³-hybridized carbons (Fsp3) is 0.176. The van der Waals surface area contributed by atoms with Crippen LogP contribution in [0.3, 0.4) is 0 Å². The summed E-state index contributed by atoms with van der Waals surface area (Å²) >= 11 is 0. The number of hydrogen-bond donors (Lipinski definition) is 1. The first-order valence-electron chi connectivity index (χ1n) is 6.62. The van der Waals surface area contributed by atoms with Crippen LogP contribution in [0.1, 0.15) is 28.0 Å². The summed E-state index contributed by atoms with van der Waals surface area (Å²) in [6.45, 7) is -0.0610. The van der Waals surface area contributed by atoms with E-state index in [-0.39, 0.29) is 5.91 Å². The molecule has 2 aromatic rings. The third kappa shape index (κ3) is 4.73. The molecule has 21 heavy (non-hydrogen) atoms. The second kappa shape index (κ2) is 7.81. The highest BCUT2D eigenvalue weighted by atomic mass is 19.1. The average molecular weight is 282 g/mol. The van der Waals surface area contributed by atoms with Gasteiger partial charge < -0.3 is 5.32 Å². The molecule has 0 fully saturated rings. The van der Waals surface area contributed by atoms with E-state index < -0.39 is 6.67 Å². The molecule has 0 unspecified atom stereocenters. The van der Waals surface area contributed by atoms with Crippen LogP contribution in [0.2, 0.25) is 0 Å². The van der Waals surface area contributed by atoms with Gasteiger partial charge in [0.05, 0.1) is 0 Å². The molecule has 0 bridgehead atoms. The fourth-order valence-corrected chi connectivity index (χ4v) is 1.68. The van der Waals surface area contributed by atoms with Gasteiger partial charge in [-0.25, -0.2) is 9.37 Å². The van der Waals surface area contributed by atoms with Crippen molar-refractivity contribution in [2.24, 2.45) is 0 Å². The zero-order valence-electron chi connectivity index (χ0n) is 11.5. The molecule has 1 aromatic carbocycles. The summed E-state index contributed by atoms with van der Waals surface area (Å²) < 4.78 is 12.4. The quantitative estimate of drug-likeness (QED) is 0.692. The van der Waals surface area contributed by atoms with E-state index in [1.165, 1.54) is 0 Å². The number of carbonyl (C=O) groups is 1. The number of nitrogens with one attached hydrogen (secondary N) is 1. The van der Waals surface area contributed by atoms with E-state index in [0.29, 0.717) is 29.8 Å². The molecule has 3 nitrogen and oxygen atoms in total. The second-order valence-electron chi connectivity index (χ2n) is 4.35. The van der Waals surface area contributed by atoms with E-state index in [9.17, 15) is 9.18 Å². The van der Waals surface area contributed by atoms with Crippen molar-refractivity contribution in [1.29, 1.82) is 0 Å². The van der Waals surface area contributed by atoms with Gasteiger partial charge in [0, 0.05) is 24.7 Å². The lowest BCUT2D eigenvalue weighted by Crippen LogP contribution is -2.24. The Bertz CT molecular complexity index is 642. The van der Waals surface area contributed by atoms with E-state index in [4.69, 9.17) is 0 Å². The minimum Gasteiger partial charge on any atom is -0.351 e. The maximum Gasteiger partial charge on any atom is 0.251 e. The van der Waals surface area contributed by atoms with E-state index in [1.807, 2.05) is 18.2 Å². The summed E-state index contributed by atoms with van der Waals surface area (Å²) in [6.07, 6.45) is 2.23. The van der Waals surface area contributed by atoms with E-state index in [1.54, 1.807) is 30.5 Å². The first-order valence-corrected chi connectivity index (χ1v) is 6.62. The molecule has 0 radical (unpaired) electrons. The first kappa shape index (κ1) is 14.7. The maximum atomic E-state index is 12.4. The molecule has 1 N–H and O–H groups in total. The van der Waals surface area contributed by atoms with Gasteiger partial charge >= 0.3 is 0 Å². The van der Waals surface area contributed by atoms with E-state index in [0.717, 1.165) is 0 Å². The summed E-state index contributed by atoms with van der Waals surface area (Å²) in [4.78, 5) is 15.9. The minimum absolute atomic E-state index is 0.181. The van der Waals surface area contributed by atoms with Crippen LogP contribution in [0.25, 0.3) is 0 Å². The maximum absolute atomic E-state index is 12.4. The molecule has 0 aliphatic rings. The van der Waals surface area contributed by atoms with Crippen molar-refractivity contribution in [1.82, 2.24) is 10.3 Å². The second-order valence-corrected chi connectivity index (χ2v) is 4.35. The van der Waals surface area contributed by atoms with Crippen molar-refractivity contribution < 1.29 is 9.18 Å². The molecule has 0 atom stereocenters. The molecule has 1 amide bonds. The van der Waals surface area contributed by atoms with Crippen LogP contribution in [-0.2, 0) is 6.67 Å². The van der Waals surface area contributed by atoms with Crippen LogP contribution in [-0.4, -0.2) is 17.4 Å². The standard InChI is InChI=1S/C17H15FN2O/c18-13-14-7-9-15(10-8-14)17(21)20-12-4-2-6-16-5-1-3-11-19-16/h1,3,5,7-11H,4,12-13H2,(H,20,21). The lowest BCUT2D eigenvalue weighted by atomic mass is 10.1. The van der Waals surface area contributed by atoms with Crippen LogP contribution >= 0.6 is 0 Å².